The van der Waals surface area contributed by atoms with Crippen molar-refractivity contribution >= 4 is 17.1 Å². The lowest BCUT2D eigenvalue weighted by Gasteiger charge is -2.36. The summed E-state index contributed by atoms with van der Waals surface area (Å²) in [6.45, 7) is 5.84. The summed E-state index contributed by atoms with van der Waals surface area (Å²) in [6.07, 6.45) is 7.82. The summed E-state index contributed by atoms with van der Waals surface area (Å²) in [6, 6.07) is 14.8. The molecular formula is C31H29FN4O2. The zero-order valence-corrected chi connectivity index (χ0v) is 21.4. The van der Waals surface area contributed by atoms with Gasteiger partial charge < -0.3 is 14.0 Å². The normalized spacial score (nSPS) is 17.0. The SMILES string of the molecule is C=C1CC[C@@H](CC(=O)c2ccc3c(c2)C(c2ccc4nccn4c2)=NC3)CN1Cc1c(F)cccc1OC. The molecule has 0 radical (unpaired) electrons. The van der Waals surface area contributed by atoms with Crippen LogP contribution in [0.2, 0.25) is 0 Å². The van der Waals surface area contributed by atoms with Gasteiger partial charge in [-0.1, -0.05) is 24.8 Å². The van der Waals surface area contributed by atoms with E-state index in [1.165, 1.54) is 6.07 Å². The average Bonchev–Trinajstić information content (AvgIpc) is 3.57. The number of Topliss-reactive ketones (excluding diaryl/α,β-unsaturated/α-hetero) is 1. The van der Waals surface area contributed by atoms with Crippen LogP contribution in [0.25, 0.3) is 5.65 Å². The van der Waals surface area contributed by atoms with E-state index in [0.717, 1.165) is 46.6 Å². The van der Waals surface area contributed by atoms with Gasteiger partial charge in [-0.3, -0.25) is 9.79 Å². The quantitative estimate of drug-likeness (QED) is 0.295. The molecule has 0 saturated carbocycles. The van der Waals surface area contributed by atoms with Gasteiger partial charge >= 0.3 is 0 Å². The molecule has 7 heteroatoms. The Labute approximate surface area is 221 Å². The van der Waals surface area contributed by atoms with Crippen molar-refractivity contribution in [3.63, 3.8) is 0 Å². The van der Waals surface area contributed by atoms with Gasteiger partial charge in [0.1, 0.15) is 17.2 Å². The summed E-state index contributed by atoms with van der Waals surface area (Å²) < 4.78 is 21.9. The molecular weight excluding hydrogens is 479 g/mol. The highest BCUT2D eigenvalue weighted by atomic mass is 19.1. The van der Waals surface area contributed by atoms with E-state index in [2.05, 4.69) is 16.5 Å². The van der Waals surface area contributed by atoms with Gasteiger partial charge in [0.2, 0.25) is 0 Å². The number of ketones is 1. The van der Waals surface area contributed by atoms with Crippen molar-refractivity contribution in [1.29, 1.82) is 0 Å². The Hall–Kier alpha value is -4.26. The number of imidazole rings is 1. The molecule has 0 amide bonds. The highest BCUT2D eigenvalue weighted by Gasteiger charge is 2.27. The molecule has 0 N–H and O–H groups in total. The summed E-state index contributed by atoms with van der Waals surface area (Å²) >= 11 is 0. The zero-order valence-electron chi connectivity index (χ0n) is 21.4. The Morgan fingerprint density at radius 2 is 2.11 bits per heavy atom. The molecule has 1 atom stereocenters. The molecule has 4 heterocycles. The molecule has 6 nitrogen and oxygen atoms in total. The molecule has 0 unspecified atom stereocenters. The number of pyridine rings is 1. The van der Waals surface area contributed by atoms with Crippen molar-refractivity contribution in [2.75, 3.05) is 13.7 Å². The number of halogens is 1. The monoisotopic (exact) mass is 508 g/mol. The first-order valence-corrected chi connectivity index (χ1v) is 12.9. The highest BCUT2D eigenvalue weighted by molar-refractivity contribution is 6.16. The molecule has 2 aromatic carbocycles. The van der Waals surface area contributed by atoms with E-state index in [1.807, 2.05) is 47.1 Å². The van der Waals surface area contributed by atoms with Crippen LogP contribution in [0.3, 0.4) is 0 Å². The maximum atomic E-state index is 14.6. The Bertz CT molecular complexity index is 1590. The van der Waals surface area contributed by atoms with Crippen LogP contribution in [0, 0.1) is 11.7 Å². The molecule has 4 aromatic rings. The number of methoxy groups -OCH3 is 1. The van der Waals surface area contributed by atoms with E-state index in [0.29, 0.717) is 42.9 Å². The largest absolute Gasteiger partial charge is 0.496 e. The molecule has 2 aliphatic heterocycles. The van der Waals surface area contributed by atoms with Crippen LogP contribution in [0.4, 0.5) is 4.39 Å². The third-order valence-electron chi connectivity index (χ3n) is 7.64. The summed E-state index contributed by atoms with van der Waals surface area (Å²) in [5.41, 5.74) is 7.12. The number of likely N-dealkylation sites (tertiary alicyclic amines) is 1. The zero-order chi connectivity index (χ0) is 26.2. The first-order valence-electron chi connectivity index (χ1n) is 12.9. The molecule has 192 valence electrons. The van der Waals surface area contributed by atoms with Gasteiger partial charge in [0, 0.05) is 66.1 Å². The number of rotatable bonds is 7. The van der Waals surface area contributed by atoms with Crippen LogP contribution in [0.5, 0.6) is 5.75 Å². The van der Waals surface area contributed by atoms with E-state index in [9.17, 15) is 9.18 Å². The van der Waals surface area contributed by atoms with E-state index >= 15 is 0 Å². The van der Waals surface area contributed by atoms with Crippen molar-refractivity contribution in [3.05, 3.63) is 113 Å². The third-order valence-corrected chi connectivity index (χ3v) is 7.64. The van der Waals surface area contributed by atoms with Crippen LogP contribution in [-0.2, 0) is 13.1 Å². The second-order valence-corrected chi connectivity index (χ2v) is 10.0. The fourth-order valence-electron chi connectivity index (χ4n) is 5.52. The fourth-order valence-corrected chi connectivity index (χ4v) is 5.52. The lowest BCUT2D eigenvalue weighted by molar-refractivity contribution is 0.0934. The number of hydrogen-bond acceptors (Lipinski definition) is 5. The Morgan fingerprint density at radius 3 is 2.97 bits per heavy atom. The minimum Gasteiger partial charge on any atom is -0.496 e. The van der Waals surface area contributed by atoms with Gasteiger partial charge in [-0.05, 0) is 54.7 Å². The Kier molecular flexibility index (Phi) is 6.27. The van der Waals surface area contributed by atoms with Crippen LogP contribution < -0.4 is 4.74 Å². The van der Waals surface area contributed by atoms with Crippen molar-refractivity contribution in [2.24, 2.45) is 10.9 Å². The number of allylic oxidation sites excluding steroid dienone is 1. The first kappa shape index (κ1) is 24.1. The van der Waals surface area contributed by atoms with Gasteiger partial charge in [-0.25, -0.2) is 9.37 Å². The smallest absolute Gasteiger partial charge is 0.163 e. The number of hydrogen-bond donors (Lipinski definition) is 0. The fraction of sp³-hybridized carbons (Fsp3) is 0.258. The van der Waals surface area contributed by atoms with Gasteiger partial charge in [0.15, 0.2) is 5.78 Å². The number of ether oxygens (including phenoxy) is 1. The number of aromatic nitrogens is 2. The van der Waals surface area contributed by atoms with Crippen LogP contribution >= 0.6 is 0 Å². The average molecular weight is 509 g/mol. The lowest BCUT2D eigenvalue weighted by Crippen LogP contribution is -2.34. The standard InChI is InChI=1S/C31H29FN4O2/c1-20-6-7-21(17-36(20)19-26-27(32)4-3-5-29(26)38-2)14-28(37)22-8-9-23-16-34-31(25(23)15-22)24-10-11-30-33-12-13-35(30)18-24/h3-5,8-13,15,18,21H,1,6-7,14,16-17,19H2,2H3/t21-/m0/s1. The summed E-state index contributed by atoms with van der Waals surface area (Å²) in [7, 11) is 1.55. The number of fused-ring (bicyclic) bond motifs is 2. The number of carbonyl (C=O) groups excluding carboxylic acids is 1. The number of piperidine rings is 1. The number of nitrogens with zero attached hydrogens (tertiary/aromatic N) is 4. The van der Waals surface area contributed by atoms with Crippen molar-refractivity contribution < 1.29 is 13.9 Å². The molecule has 0 bridgehead atoms. The minimum atomic E-state index is -0.293. The molecule has 38 heavy (non-hydrogen) atoms. The summed E-state index contributed by atoms with van der Waals surface area (Å²) in [5.74, 6) is 0.512. The Morgan fingerprint density at radius 1 is 1.21 bits per heavy atom. The second-order valence-electron chi connectivity index (χ2n) is 10.0. The first-order chi connectivity index (χ1) is 18.5. The molecule has 1 saturated heterocycles. The molecule has 0 aliphatic carbocycles. The lowest BCUT2D eigenvalue weighted by atomic mass is 9.88. The maximum absolute atomic E-state index is 14.6. The van der Waals surface area contributed by atoms with Crippen LogP contribution in [0.15, 0.2) is 84.4 Å². The maximum Gasteiger partial charge on any atom is 0.163 e. The molecule has 0 spiro atoms. The van der Waals surface area contributed by atoms with Crippen molar-refractivity contribution in [1.82, 2.24) is 14.3 Å². The summed E-state index contributed by atoms with van der Waals surface area (Å²) in [5, 5.41) is 0. The van der Waals surface area contributed by atoms with E-state index in [4.69, 9.17) is 9.73 Å². The highest BCUT2D eigenvalue weighted by Crippen LogP contribution is 2.32. The predicted octanol–water partition coefficient (Wildman–Crippen LogP) is 5.83. The van der Waals surface area contributed by atoms with Crippen molar-refractivity contribution in [3.8, 4) is 5.75 Å². The third kappa shape index (κ3) is 4.49. The Balaban J connectivity index is 1.18. The van der Waals surface area contributed by atoms with Crippen LogP contribution in [0.1, 0.15) is 51.9 Å². The molecule has 2 aromatic heterocycles. The number of aliphatic imine (C=N–C) groups is 1. The number of benzene rings is 2. The van der Waals surface area contributed by atoms with Crippen LogP contribution in [-0.4, -0.2) is 39.4 Å². The molecule has 6 rings (SSSR count). The van der Waals surface area contributed by atoms with E-state index in [-0.39, 0.29) is 17.5 Å². The van der Waals surface area contributed by atoms with E-state index in [1.54, 1.807) is 25.4 Å². The van der Waals surface area contributed by atoms with Gasteiger partial charge in [-0.15, -0.1) is 0 Å². The minimum absolute atomic E-state index is 0.116. The van der Waals surface area contributed by atoms with Crippen molar-refractivity contribution in [2.45, 2.75) is 32.4 Å². The summed E-state index contributed by atoms with van der Waals surface area (Å²) in [4.78, 5) is 24.6. The molecule has 2 aliphatic rings. The van der Waals surface area contributed by atoms with E-state index < -0.39 is 0 Å². The van der Waals surface area contributed by atoms with Gasteiger partial charge in [-0.2, -0.15) is 0 Å². The van der Waals surface area contributed by atoms with Gasteiger partial charge in [0.25, 0.3) is 0 Å². The second kappa shape index (κ2) is 9.89. The number of carbonyl (C=O) groups is 1. The molecule has 1 fully saturated rings. The van der Waals surface area contributed by atoms with Gasteiger partial charge in [0.05, 0.1) is 19.4 Å². The topological polar surface area (TPSA) is 59.2 Å². The predicted molar refractivity (Wildman–Crippen MR) is 145 cm³/mol.